The number of ether oxygens (including phenoxy) is 1. The zero-order chi connectivity index (χ0) is 20.3. The van der Waals surface area contributed by atoms with E-state index in [1.165, 1.54) is 11.8 Å². The number of thioether (sulfide) groups is 1. The van der Waals surface area contributed by atoms with Gasteiger partial charge in [0.2, 0.25) is 0 Å². The summed E-state index contributed by atoms with van der Waals surface area (Å²) in [7, 11) is 0. The number of aromatic nitrogens is 3. The van der Waals surface area contributed by atoms with Crippen molar-refractivity contribution in [2.45, 2.75) is 38.8 Å². The minimum absolute atomic E-state index is 0.255. The van der Waals surface area contributed by atoms with Crippen LogP contribution >= 0.6 is 11.8 Å². The van der Waals surface area contributed by atoms with Crippen LogP contribution in [0.1, 0.15) is 44.7 Å². The van der Waals surface area contributed by atoms with Crippen molar-refractivity contribution >= 4 is 23.5 Å². The Hall–Kier alpha value is -2.61. The summed E-state index contributed by atoms with van der Waals surface area (Å²) in [4.78, 5) is 37.2. The lowest BCUT2D eigenvalue weighted by Crippen LogP contribution is -2.31. The van der Waals surface area contributed by atoms with Gasteiger partial charge in [0.25, 0.3) is 5.56 Å². The van der Waals surface area contributed by atoms with Gasteiger partial charge >= 0.3 is 5.97 Å². The second-order valence-corrected chi connectivity index (χ2v) is 7.94. The van der Waals surface area contributed by atoms with Gasteiger partial charge in [-0.3, -0.25) is 9.78 Å². The van der Waals surface area contributed by atoms with Crippen molar-refractivity contribution in [3.8, 4) is 0 Å². The first-order valence-electron chi connectivity index (χ1n) is 9.24. The quantitative estimate of drug-likeness (QED) is 0.436. The van der Waals surface area contributed by atoms with E-state index in [2.05, 4.69) is 34.1 Å². The topological polar surface area (TPSA) is 97.0 Å². The second-order valence-electron chi connectivity index (χ2n) is 6.94. The Morgan fingerprint density at radius 3 is 2.68 bits per heavy atom. The smallest absolute Gasteiger partial charge is 0.336 e. The molecule has 2 N–H and O–H groups in total. The monoisotopic (exact) mass is 400 g/mol. The molecule has 7 nitrogen and oxygen atoms in total. The van der Waals surface area contributed by atoms with Crippen LogP contribution in [0.4, 0.5) is 5.82 Å². The molecule has 0 bridgehead atoms. The largest absolute Gasteiger partial charge is 0.463 e. The number of hydrogen-bond donors (Lipinski definition) is 2. The molecular weight excluding hydrogens is 376 g/mol. The molecule has 2 aromatic rings. The molecule has 8 heteroatoms. The molecule has 1 unspecified atom stereocenters. The molecule has 3 rings (SSSR count). The lowest BCUT2D eigenvalue weighted by molar-refractivity contribution is -0.138. The number of esters is 1. The molecule has 0 aromatic carbocycles. The highest BCUT2D eigenvalue weighted by Crippen LogP contribution is 2.39. The van der Waals surface area contributed by atoms with Crippen LogP contribution in [0, 0.1) is 5.92 Å². The van der Waals surface area contributed by atoms with Gasteiger partial charge in [0.05, 0.1) is 23.7 Å². The van der Waals surface area contributed by atoms with Crippen molar-refractivity contribution in [1.82, 2.24) is 15.0 Å². The lowest BCUT2D eigenvalue weighted by atomic mass is 9.83. The van der Waals surface area contributed by atoms with Gasteiger partial charge in [-0.15, -0.1) is 0 Å². The normalized spacial score (nSPS) is 16.0. The summed E-state index contributed by atoms with van der Waals surface area (Å²) in [6, 6.07) is 3.60. The van der Waals surface area contributed by atoms with Crippen molar-refractivity contribution < 1.29 is 9.53 Å². The van der Waals surface area contributed by atoms with E-state index in [1.54, 1.807) is 38.4 Å². The third kappa shape index (κ3) is 4.11. The molecule has 3 heterocycles. The summed E-state index contributed by atoms with van der Waals surface area (Å²) < 4.78 is 5.26. The third-order valence-electron chi connectivity index (χ3n) is 4.31. The number of pyridine rings is 1. The van der Waals surface area contributed by atoms with Crippen LogP contribution in [-0.4, -0.2) is 33.3 Å². The fourth-order valence-electron chi connectivity index (χ4n) is 3.11. The number of fused-ring (bicyclic) bond motifs is 1. The first-order chi connectivity index (χ1) is 13.4. The highest BCUT2D eigenvalue weighted by Gasteiger charge is 2.36. The van der Waals surface area contributed by atoms with E-state index < -0.39 is 11.9 Å². The Morgan fingerprint density at radius 2 is 2.04 bits per heavy atom. The minimum Gasteiger partial charge on any atom is -0.463 e. The number of H-pyrrole nitrogens is 1. The third-order valence-corrected chi connectivity index (χ3v) is 5.61. The van der Waals surface area contributed by atoms with E-state index in [9.17, 15) is 9.59 Å². The molecule has 0 spiro atoms. The number of rotatable bonds is 6. The van der Waals surface area contributed by atoms with Crippen LogP contribution in [-0.2, 0) is 9.53 Å². The van der Waals surface area contributed by atoms with Crippen LogP contribution < -0.4 is 10.9 Å². The van der Waals surface area contributed by atoms with Crippen LogP contribution in [0.5, 0.6) is 0 Å². The predicted octanol–water partition coefficient (Wildman–Crippen LogP) is 3.31. The number of allylic oxidation sites excluding steroid dienone is 1. The average molecular weight is 401 g/mol. The second kappa shape index (κ2) is 8.60. The molecule has 148 valence electrons. The Labute approximate surface area is 168 Å². The zero-order valence-electron chi connectivity index (χ0n) is 16.4. The molecular formula is C20H24N4O3S. The van der Waals surface area contributed by atoms with E-state index in [0.717, 1.165) is 11.3 Å². The number of carbonyl (C=O) groups excluding carboxylic acids is 1. The van der Waals surface area contributed by atoms with Gasteiger partial charge in [-0.25, -0.2) is 9.78 Å². The maximum absolute atomic E-state index is 13.0. The van der Waals surface area contributed by atoms with Gasteiger partial charge in [0.1, 0.15) is 5.82 Å². The molecule has 1 aliphatic rings. The Kier molecular flexibility index (Phi) is 6.18. The number of hydrogen-bond acceptors (Lipinski definition) is 7. The highest BCUT2D eigenvalue weighted by atomic mass is 32.2. The standard InChI is InChI=1S/C20H24N4O3S/c1-5-27-19(26)14-12(4)22-17-16(15(14)13-6-8-21-9-7-13)18(25)24-20(23-17)28-10-11(2)3/h6-9,11,15H,5,10H2,1-4H3,(H2,22,23,24,25). The fraction of sp³-hybridized carbons (Fsp3) is 0.400. The SMILES string of the molecule is CCOC(=O)C1=C(C)Nc2nc(SCC(C)C)[nH]c(=O)c2C1c1ccncc1. The number of aromatic amines is 1. The first-order valence-corrected chi connectivity index (χ1v) is 10.2. The molecule has 1 aliphatic heterocycles. The Bertz CT molecular complexity index is 954. The van der Waals surface area contributed by atoms with Crippen LogP contribution in [0.25, 0.3) is 0 Å². The van der Waals surface area contributed by atoms with Gasteiger partial charge < -0.3 is 15.0 Å². The van der Waals surface area contributed by atoms with Crippen LogP contribution in [0.3, 0.4) is 0 Å². The van der Waals surface area contributed by atoms with E-state index in [0.29, 0.717) is 33.7 Å². The number of anilines is 1. The van der Waals surface area contributed by atoms with Gasteiger partial charge in [-0.2, -0.15) is 0 Å². The van der Waals surface area contributed by atoms with Crippen LogP contribution in [0.15, 0.2) is 45.7 Å². The summed E-state index contributed by atoms with van der Waals surface area (Å²) in [5, 5.41) is 3.70. The zero-order valence-corrected chi connectivity index (χ0v) is 17.2. The number of nitrogens with one attached hydrogen (secondary N) is 2. The first kappa shape index (κ1) is 20.1. The maximum atomic E-state index is 13.0. The Balaban J connectivity index is 2.14. The Morgan fingerprint density at radius 1 is 1.32 bits per heavy atom. The highest BCUT2D eigenvalue weighted by molar-refractivity contribution is 7.99. The summed E-state index contributed by atoms with van der Waals surface area (Å²) in [6.07, 6.45) is 3.28. The molecule has 0 fully saturated rings. The van der Waals surface area contributed by atoms with Crippen molar-refractivity contribution in [3.63, 3.8) is 0 Å². The molecule has 0 aliphatic carbocycles. The summed E-state index contributed by atoms with van der Waals surface area (Å²) >= 11 is 1.50. The van der Waals surface area contributed by atoms with Crippen LogP contribution in [0.2, 0.25) is 0 Å². The molecule has 0 amide bonds. The van der Waals surface area contributed by atoms with Crippen molar-refractivity contribution in [2.24, 2.45) is 5.92 Å². The fourth-order valence-corrected chi connectivity index (χ4v) is 3.93. The van der Waals surface area contributed by atoms with Gasteiger partial charge in [0.15, 0.2) is 5.16 Å². The van der Waals surface area contributed by atoms with Gasteiger partial charge in [0, 0.05) is 23.8 Å². The molecule has 28 heavy (non-hydrogen) atoms. The summed E-state index contributed by atoms with van der Waals surface area (Å²) in [6.45, 7) is 8.03. The van der Waals surface area contributed by atoms with E-state index in [-0.39, 0.29) is 12.2 Å². The number of carbonyl (C=O) groups is 1. The molecule has 0 radical (unpaired) electrons. The summed E-state index contributed by atoms with van der Waals surface area (Å²) in [5.74, 6) is 0.776. The van der Waals surface area contributed by atoms with Gasteiger partial charge in [-0.1, -0.05) is 25.6 Å². The van der Waals surface area contributed by atoms with Crippen molar-refractivity contribution in [3.05, 3.63) is 57.3 Å². The van der Waals surface area contributed by atoms with Crippen molar-refractivity contribution in [1.29, 1.82) is 0 Å². The molecule has 2 aromatic heterocycles. The number of nitrogens with zero attached hydrogens (tertiary/aromatic N) is 2. The lowest BCUT2D eigenvalue weighted by Gasteiger charge is -2.28. The molecule has 0 saturated heterocycles. The molecule has 0 saturated carbocycles. The predicted molar refractivity (Wildman–Crippen MR) is 109 cm³/mol. The van der Waals surface area contributed by atoms with E-state index in [4.69, 9.17) is 4.74 Å². The average Bonchev–Trinajstić information content (AvgIpc) is 2.66. The van der Waals surface area contributed by atoms with E-state index >= 15 is 0 Å². The summed E-state index contributed by atoms with van der Waals surface area (Å²) in [5.41, 5.74) is 1.98. The molecule has 1 atom stereocenters. The minimum atomic E-state index is -0.571. The van der Waals surface area contributed by atoms with Crippen molar-refractivity contribution in [2.75, 3.05) is 17.7 Å². The van der Waals surface area contributed by atoms with Gasteiger partial charge in [-0.05, 0) is 37.5 Å². The van der Waals surface area contributed by atoms with E-state index in [1.807, 2.05) is 0 Å². The maximum Gasteiger partial charge on any atom is 0.336 e.